The number of benzene rings is 3. The second-order valence-corrected chi connectivity index (χ2v) is 7.29. The number of pyridine rings is 1. The van der Waals surface area contributed by atoms with Gasteiger partial charge in [-0.05, 0) is 55.3 Å². The molecular weight excluding hydrogens is 368 g/mol. The Hall–Kier alpha value is -3.17. The molecule has 0 aliphatic heterocycles. The Morgan fingerprint density at radius 2 is 1.57 bits per heavy atom. The van der Waals surface area contributed by atoms with Gasteiger partial charge in [0.1, 0.15) is 0 Å². The van der Waals surface area contributed by atoms with Crippen LogP contribution in [0.5, 0.6) is 0 Å². The second kappa shape index (κ2) is 7.45. The molecule has 0 saturated carbocycles. The van der Waals surface area contributed by atoms with Crippen LogP contribution >= 0.6 is 11.6 Å². The van der Waals surface area contributed by atoms with Crippen LogP contribution in [0.2, 0.25) is 5.02 Å². The fraction of sp³-hybridized carbons (Fsp3) is 0.0833. The van der Waals surface area contributed by atoms with Crippen molar-refractivity contribution < 1.29 is 4.79 Å². The molecule has 4 aromatic rings. The normalized spacial score (nSPS) is 10.8. The summed E-state index contributed by atoms with van der Waals surface area (Å²) in [5, 5.41) is 4.43. The first-order valence-electron chi connectivity index (χ1n) is 9.05. The molecule has 0 bridgehead atoms. The van der Waals surface area contributed by atoms with Gasteiger partial charge in [-0.2, -0.15) is 0 Å². The Bertz CT molecular complexity index is 1180. The summed E-state index contributed by atoms with van der Waals surface area (Å²) in [5.74, 6) is -0.170. The molecule has 1 amide bonds. The lowest BCUT2D eigenvalue weighted by molar-refractivity contribution is 0.102. The van der Waals surface area contributed by atoms with Gasteiger partial charge in [0.15, 0.2) is 0 Å². The fourth-order valence-corrected chi connectivity index (χ4v) is 3.65. The van der Waals surface area contributed by atoms with E-state index in [1.807, 2.05) is 80.6 Å². The van der Waals surface area contributed by atoms with Crippen molar-refractivity contribution >= 4 is 34.1 Å². The first-order valence-corrected chi connectivity index (χ1v) is 9.43. The standard InChI is InChI=1S/C24H19ClN2O/c1-15-11-16(2)13-17(12-15)26-24(28)20-14-23(19-8-3-5-9-21(19)25)27-22-10-6-4-7-18(20)22/h3-14H,1-2H3,(H,26,28). The highest BCUT2D eigenvalue weighted by Crippen LogP contribution is 2.30. The van der Waals surface area contributed by atoms with Crippen LogP contribution in [-0.2, 0) is 0 Å². The third kappa shape index (κ3) is 3.62. The zero-order valence-electron chi connectivity index (χ0n) is 15.7. The van der Waals surface area contributed by atoms with E-state index < -0.39 is 0 Å². The quantitative estimate of drug-likeness (QED) is 0.441. The Morgan fingerprint density at radius 3 is 2.32 bits per heavy atom. The van der Waals surface area contributed by atoms with Crippen LogP contribution in [0.1, 0.15) is 21.5 Å². The zero-order valence-corrected chi connectivity index (χ0v) is 16.4. The fourth-order valence-electron chi connectivity index (χ4n) is 3.42. The third-order valence-corrected chi connectivity index (χ3v) is 4.92. The zero-order chi connectivity index (χ0) is 19.7. The second-order valence-electron chi connectivity index (χ2n) is 6.88. The molecule has 0 aliphatic carbocycles. The van der Waals surface area contributed by atoms with Gasteiger partial charge in [0.05, 0.1) is 16.8 Å². The molecule has 4 rings (SSSR count). The molecule has 1 heterocycles. The van der Waals surface area contributed by atoms with Crippen molar-refractivity contribution in [2.75, 3.05) is 5.32 Å². The number of hydrogen-bond donors (Lipinski definition) is 1. The maximum Gasteiger partial charge on any atom is 0.256 e. The van der Waals surface area contributed by atoms with Gasteiger partial charge in [-0.3, -0.25) is 4.79 Å². The Kier molecular flexibility index (Phi) is 4.84. The average molecular weight is 387 g/mol. The van der Waals surface area contributed by atoms with Crippen LogP contribution in [0.4, 0.5) is 5.69 Å². The van der Waals surface area contributed by atoms with Gasteiger partial charge >= 0.3 is 0 Å². The van der Waals surface area contributed by atoms with Crippen molar-refractivity contribution in [1.29, 1.82) is 0 Å². The maximum absolute atomic E-state index is 13.1. The van der Waals surface area contributed by atoms with Crippen LogP contribution in [0.25, 0.3) is 22.2 Å². The summed E-state index contributed by atoms with van der Waals surface area (Å²) in [4.78, 5) is 17.9. The van der Waals surface area contributed by atoms with Crippen LogP contribution in [-0.4, -0.2) is 10.9 Å². The highest BCUT2D eigenvalue weighted by molar-refractivity contribution is 6.33. The number of nitrogens with one attached hydrogen (secondary N) is 1. The number of aromatic nitrogens is 1. The molecule has 3 nitrogen and oxygen atoms in total. The monoisotopic (exact) mass is 386 g/mol. The number of para-hydroxylation sites is 1. The molecule has 0 spiro atoms. The lowest BCUT2D eigenvalue weighted by Gasteiger charge is -2.12. The molecule has 0 aliphatic rings. The van der Waals surface area contributed by atoms with Gasteiger partial charge in [-0.25, -0.2) is 4.98 Å². The van der Waals surface area contributed by atoms with Gasteiger partial charge in [0.2, 0.25) is 0 Å². The van der Waals surface area contributed by atoms with Gasteiger partial charge in [0.25, 0.3) is 5.91 Å². The summed E-state index contributed by atoms with van der Waals surface area (Å²) < 4.78 is 0. The molecule has 4 heteroatoms. The number of carbonyl (C=O) groups excluding carboxylic acids is 1. The first kappa shape index (κ1) is 18.2. The van der Waals surface area contributed by atoms with E-state index in [1.165, 1.54) is 0 Å². The number of carbonyl (C=O) groups is 1. The van der Waals surface area contributed by atoms with Crippen molar-refractivity contribution in [1.82, 2.24) is 4.98 Å². The van der Waals surface area contributed by atoms with Crippen LogP contribution < -0.4 is 5.32 Å². The summed E-state index contributed by atoms with van der Waals surface area (Å²) in [7, 11) is 0. The summed E-state index contributed by atoms with van der Waals surface area (Å²) >= 11 is 6.37. The Labute approximate surface area is 169 Å². The van der Waals surface area contributed by atoms with Gasteiger partial charge in [-0.15, -0.1) is 0 Å². The van der Waals surface area contributed by atoms with Crippen LogP contribution in [0, 0.1) is 13.8 Å². The molecule has 0 radical (unpaired) electrons. The number of aryl methyl sites for hydroxylation is 2. The number of fused-ring (bicyclic) bond motifs is 1. The molecule has 138 valence electrons. The predicted molar refractivity (Wildman–Crippen MR) is 116 cm³/mol. The Morgan fingerprint density at radius 1 is 0.893 bits per heavy atom. The van der Waals surface area contributed by atoms with Crippen molar-refractivity contribution in [2.45, 2.75) is 13.8 Å². The van der Waals surface area contributed by atoms with Crippen molar-refractivity contribution in [3.63, 3.8) is 0 Å². The Balaban J connectivity index is 1.83. The minimum Gasteiger partial charge on any atom is -0.322 e. The summed E-state index contributed by atoms with van der Waals surface area (Å²) in [6.45, 7) is 4.03. The molecule has 0 fully saturated rings. The molecule has 1 aromatic heterocycles. The van der Waals surface area contributed by atoms with Crippen molar-refractivity contribution in [3.05, 3.63) is 94.5 Å². The van der Waals surface area contributed by atoms with Crippen LogP contribution in [0.15, 0.2) is 72.8 Å². The largest absolute Gasteiger partial charge is 0.322 e. The minimum atomic E-state index is -0.170. The van der Waals surface area contributed by atoms with E-state index >= 15 is 0 Å². The lowest BCUT2D eigenvalue weighted by atomic mass is 10.0. The maximum atomic E-state index is 13.1. The average Bonchev–Trinajstić information content (AvgIpc) is 2.66. The number of hydrogen-bond acceptors (Lipinski definition) is 2. The number of rotatable bonds is 3. The molecule has 3 aromatic carbocycles. The van der Waals surface area contributed by atoms with E-state index in [9.17, 15) is 4.79 Å². The van der Waals surface area contributed by atoms with E-state index in [0.717, 1.165) is 33.3 Å². The molecular formula is C24H19ClN2O. The van der Waals surface area contributed by atoms with E-state index in [0.29, 0.717) is 16.3 Å². The number of anilines is 1. The van der Waals surface area contributed by atoms with Crippen molar-refractivity contribution in [2.24, 2.45) is 0 Å². The summed E-state index contributed by atoms with van der Waals surface area (Å²) in [6, 6.07) is 23.0. The predicted octanol–water partition coefficient (Wildman–Crippen LogP) is 6.42. The molecule has 0 atom stereocenters. The van der Waals surface area contributed by atoms with Gasteiger partial charge in [-0.1, -0.05) is 54.1 Å². The lowest BCUT2D eigenvalue weighted by Crippen LogP contribution is -2.13. The molecule has 28 heavy (non-hydrogen) atoms. The SMILES string of the molecule is Cc1cc(C)cc(NC(=O)c2cc(-c3ccccc3Cl)nc3ccccc23)c1. The van der Waals surface area contributed by atoms with Gasteiger partial charge in [0, 0.05) is 21.7 Å². The number of amides is 1. The molecule has 0 saturated heterocycles. The van der Waals surface area contributed by atoms with E-state index in [-0.39, 0.29) is 5.91 Å². The van der Waals surface area contributed by atoms with Crippen molar-refractivity contribution in [3.8, 4) is 11.3 Å². The van der Waals surface area contributed by atoms with E-state index in [1.54, 1.807) is 0 Å². The topological polar surface area (TPSA) is 42.0 Å². The third-order valence-electron chi connectivity index (χ3n) is 4.59. The van der Waals surface area contributed by atoms with Gasteiger partial charge < -0.3 is 5.32 Å². The summed E-state index contributed by atoms with van der Waals surface area (Å²) in [5.41, 5.74) is 5.79. The van der Waals surface area contributed by atoms with E-state index in [2.05, 4.69) is 11.4 Å². The van der Waals surface area contributed by atoms with Crippen LogP contribution in [0.3, 0.4) is 0 Å². The highest BCUT2D eigenvalue weighted by atomic mass is 35.5. The summed E-state index contributed by atoms with van der Waals surface area (Å²) in [6.07, 6.45) is 0. The highest BCUT2D eigenvalue weighted by Gasteiger charge is 2.15. The van der Waals surface area contributed by atoms with E-state index in [4.69, 9.17) is 16.6 Å². The first-order chi connectivity index (χ1) is 13.5. The minimum absolute atomic E-state index is 0.170. The molecule has 0 unspecified atom stereocenters. The molecule has 1 N–H and O–H groups in total. The number of nitrogens with zero attached hydrogens (tertiary/aromatic N) is 1. The number of halogens is 1. The smallest absolute Gasteiger partial charge is 0.256 e.